The first-order valence-electron chi connectivity index (χ1n) is 6.37. The molecule has 3 heteroatoms. The number of hydrogen-bond acceptors (Lipinski definition) is 0. The normalized spacial score (nSPS) is 10.9. The minimum atomic E-state index is 0.300. The lowest BCUT2D eigenvalue weighted by Gasteiger charge is -2.10. The zero-order chi connectivity index (χ0) is 15.1. The summed E-state index contributed by atoms with van der Waals surface area (Å²) in [7, 11) is 0. The largest absolute Gasteiger partial charge is 0.375 e. The fraction of sp³-hybridized carbons (Fsp3) is 0.0588. The van der Waals surface area contributed by atoms with E-state index in [4.69, 9.17) is 0 Å². The maximum atomic E-state index is 3.93. The zero-order valence-corrected chi connectivity index (χ0v) is 14.0. The second-order valence-electron chi connectivity index (χ2n) is 4.14. The van der Waals surface area contributed by atoms with Gasteiger partial charge in [0.05, 0.1) is 0 Å². The van der Waals surface area contributed by atoms with E-state index in [1.54, 1.807) is 12.2 Å². The molecular weight excluding hydrogens is 356 g/mol. The summed E-state index contributed by atoms with van der Waals surface area (Å²) in [5.41, 5.74) is 4.40. The summed E-state index contributed by atoms with van der Waals surface area (Å²) in [5.74, 6) is 0. The molecule has 0 amide bonds. The Hall–Kier alpha value is -1.49. The van der Waals surface area contributed by atoms with Gasteiger partial charge >= 0.3 is 4.70 Å². The van der Waals surface area contributed by atoms with Crippen LogP contribution in [0, 0.1) is 0 Å². The Kier molecular flexibility index (Phi) is 6.59. The van der Waals surface area contributed by atoms with Crippen molar-refractivity contribution >= 4 is 51.4 Å². The molecule has 0 aliphatic carbocycles. The summed E-state index contributed by atoms with van der Waals surface area (Å²) in [6.07, 6.45) is 15.3. The third-order valence-corrected chi connectivity index (χ3v) is 3.46. The molecule has 0 unspecified atom stereocenters. The molecule has 1 nitrogen and oxygen atoms in total. The molecule has 0 fully saturated rings. The van der Waals surface area contributed by atoms with E-state index in [1.165, 1.54) is 0 Å². The van der Waals surface area contributed by atoms with Crippen LogP contribution in [0.1, 0.15) is 22.5 Å². The second kappa shape index (κ2) is 7.95. The van der Waals surface area contributed by atoms with Crippen LogP contribution in [0.5, 0.6) is 0 Å². The molecule has 0 aliphatic rings. The number of rotatable bonds is 7. The maximum Gasteiger partial charge on any atom is 0.329 e. The monoisotopic (exact) mass is 375 g/mol. The fourth-order valence-corrected chi connectivity index (χ4v) is 2.74. The first-order valence-corrected chi connectivity index (χ1v) is 7.62. The molecule has 0 aliphatic heterocycles. The molecule has 102 valence electrons. The van der Waals surface area contributed by atoms with Crippen molar-refractivity contribution in [2.75, 3.05) is 0 Å². The summed E-state index contributed by atoms with van der Waals surface area (Å²) in [4.78, 5) is 0. The number of nitrogens with zero attached hydrogens (tertiary/aromatic N) is 1. The predicted molar refractivity (Wildman–Crippen MR) is 104 cm³/mol. The third kappa shape index (κ3) is 3.34. The van der Waals surface area contributed by atoms with Crippen LogP contribution in [0.15, 0.2) is 50.6 Å². The average Bonchev–Trinajstić information content (AvgIpc) is 2.75. The fourth-order valence-electron chi connectivity index (χ4n) is 2.14. The van der Waals surface area contributed by atoms with E-state index in [0.717, 1.165) is 22.5 Å². The van der Waals surface area contributed by atoms with Gasteiger partial charge in [-0.2, -0.15) is 0 Å². The van der Waals surface area contributed by atoms with E-state index in [2.05, 4.69) is 72.1 Å². The van der Waals surface area contributed by atoms with Crippen molar-refractivity contribution in [3.63, 3.8) is 0 Å². The number of allylic oxidation sites excluding steroid dienone is 4. The molecule has 1 aromatic heterocycles. The second-order valence-corrected chi connectivity index (χ2v) is 5.94. The van der Waals surface area contributed by atoms with Gasteiger partial charge in [-0.15, -0.1) is 22.4 Å². The van der Waals surface area contributed by atoms with Gasteiger partial charge in [0.15, 0.2) is 0 Å². The number of halogens is 1. The summed E-state index contributed by atoms with van der Waals surface area (Å²) in [5, 5.41) is 0. The minimum Gasteiger partial charge on any atom is -0.375 e. The Labute approximate surface area is 135 Å². The van der Waals surface area contributed by atoms with Crippen LogP contribution in [0.4, 0.5) is 0 Å². The zero-order valence-electron chi connectivity index (χ0n) is 11.8. The van der Waals surface area contributed by atoms with Crippen molar-refractivity contribution in [3.05, 3.63) is 73.1 Å². The Bertz CT molecular complexity index is 541. The van der Waals surface area contributed by atoms with Crippen LogP contribution in [0.25, 0.3) is 24.3 Å². The van der Waals surface area contributed by atoms with E-state index in [0.29, 0.717) is 4.70 Å². The van der Waals surface area contributed by atoms with E-state index in [1.807, 2.05) is 24.3 Å². The van der Waals surface area contributed by atoms with Crippen molar-refractivity contribution in [1.82, 2.24) is 4.48 Å². The highest BCUT2D eigenvalue weighted by Crippen LogP contribution is 2.29. The van der Waals surface area contributed by atoms with Gasteiger partial charge in [-0.1, -0.05) is 69.6 Å². The van der Waals surface area contributed by atoms with Crippen molar-refractivity contribution in [2.24, 2.45) is 0 Å². The predicted octanol–water partition coefficient (Wildman–Crippen LogP) is 5.57. The van der Waals surface area contributed by atoms with Crippen LogP contribution >= 0.6 is 22.4 Å². The van der Waals surface area contributed by atoms with Gasteiger partial charge in [0.2, 0.25) is 0 Å². The van der Waals surface area contributed by atoms with Crippen LogP contribution in [0.2, 0.25) is 6.82 Å². The maximum absolute atomic E-state index is 3.93. The molecule has 0 bridgehead atoms. The molecular formula is C17H19BIN. The summed E-state index contributed by atoms with van der Waals surface area (Å²) < 4.78 is 2.56. The highest BCUT2D eigenvalue weighted by molar-refractivity contribution is 14.1. The van der Waals surface area contributed by atoms with Crippen molar-refractivity contribution < 1.29 is 0 Å². The first kappa shape index (κ1) is 16.6. The smallest absolute Gasteiger partial charge is 0.329 e. The molecule has 0 saturated heterocycles. The molecule has 0 atom stereocenters. The highest BCUT2D eigenvalue weighted by atomic mass is 127. The average molecular weight is 375 g/mol. The Morgan fingerprint density at radius 3 is 1.55 bits per heavy atom. The van der Waals surface area contributed by atoms with Crippen LogP contribution in [0.3, 0.4) is 0 Å². The lowest BCUT2D eigenvalue weighted by atomic mass is 9.97. The lowest BCUT2D eigenvalue weighted by Crippen LogP contribution is -2.15. The number of aromatic nitrogens is 1. The highest BCUT2D eigenvalue weighted by Gasteiger charge is 2.20. The van der Waals surface area contributed by atoms with Crippen molar-refractivity contribution in [2.45, 2.75) is 6.82 Å². The van der Waals surface area contributed by atoms with Gasteiger partial charge in [0.1, 0.15) is 0 Å². The standard InChI is InChI=1S/C17H19BIN/c1-6-10-12-16-14(8-3)15(9-4)17(13-11-7-2)20(16)18(5)19/h6-13H,1-4H2,5H3/b12-10-,13-11-. The number of hydrogen-bond donors (Lipinski definition) is 0. The molecule has 0 radical (unpaired) electrons. The van der Waals surface area contributed by atoms with E-state index < -0.39 is 0 Å². The molecule has 0 N–H and O–H groups in total. The first-order chi connectivity index (χ1) is 9.62. The topological polar surface area (TPSA) is 4.93 Å². The van der Waals surface area contributed by atoms with E-state index in [9.17, 15) is 0 Å². The molecule has 0 saturated carbocycles. The SMILES string of the molecule is C=C/C=C\c1c(C=C)c(C=C)c(/C=C\C=C)n1B(C)I. The van der Waals surface area contributed by atoms with Gasteiger partial charge in [0, 0.05) is 22.5 Å². The third-order valence-electron chi connectivity index (χ3n) is 2.91. The Morgan fingerprint density at radius 2 is 1.30 bits per heavy atom. The summed E-state index contributed by atoms with van der Waals surface area (Å²) in [6, 6.07) is 0. The van der Waals surface area contributed by atoms with Gasteiger partial charge in [0.25, 0.3) is 0 Å². The van der Waals surface area contributed by atoms with Gasteiger partial charge in [-0.25, -0.2) is 0 Å². The molecule has 1 aromatic rings. The molecule has 1 rings (SSSR count). The molecule has 0 aromatic carbocycles. The molecule has 0 spiro atoms. The Balaban J connectivity index is 3.75. The van der Waals surface area contributed by atoms with E-state index >= 15 is 0 Å². The lowest BCUT2D eigenvalue weighted by molar-refractivity contribution is 1.18. The van der Waals surface area contributed by atoms with Crippen molar-refractivity contribution in [3.8, 4) is 0 Å². The summed E-state index contributed by atoms with van der Waals surface area (Å²) in [6.45, 7) is 17.5. The van der Waals surface area contributed by atoms with Crippen LogP contribution in [-0.2, 0) is 0 Å². The molecule has 20 heavy (non-hydrogen) atoms. The van der Waals surface area contributed by atoms with Crippen molar-refractivity contribution in [1.29, 1.82) is 0 Å². The van der Waals surface area contributed by atoms with Gasteiger partial charge < -0.3 is 4.48 Å². The summed E-state index contributed by atoms with van der Waals surface area (Å²) >= 11 is 2.40. The van der Waals surface area contributed by atoms with Crippen LogP contribution < -0.4 is 0 Å². The molecule has 1 heterocycles. The minimum absolute atomic E-state index is 0.300. The Morgan fingerprint density at radius 1 is 0.900 bits per heavy atom. The van der Waals surface area contributed by atoms with Gasteiger partial charge in [-0.3, -0.25) is 0 Å². The van der Waals surface area contributed by atoms with Gasteiger partial charge in [-0.05, 0) is 12.2 Å². The van der Waals surface area contributed by atoms with E-state index in [-0.39, 0.29) is 0 Å². The van der Waals surface area contributed by atoms with Crippen LogP contribution in [-0.4, -0.2) is 9.18 Å². The quantitative estimate of drug-likeness (QED) is 0.334.